The van der Waals surface area contributed by atoms with Crippen LogP contribution in [0.15, 0.2) is 18.2 Å². The van der Waals surface area contributed by atoms with Crippen molar-refractivity contribution in [2.24, 2.45) is 0 Å². The van der Waals surface area contributed by atoms with E-state index in [1.807, 2.05) is 25.1 Å². The summed E-state index contributed by atoms with van der Waals surface area (Å²) < 4.78 is 10.2. The van der Waals surface area contributed by atoms with E-state index in [4.69, 9.17) is 9.47 Å². The summed E-state index contributed by atoms with van der Waals surface area (Å²) in [6.45, 7) is 5.27. The fourth-order valence-corrected chi connectivity index (χ4v) is 2.68. The number of benzene rings is 1. The smallest absolute Gasteiger partial charge is 0.409 e. The monoisotopic (exact) mass is 335 g/mol. The molecule has 1 fully saturated rings. The molecule has 0 unspecified atom stereocenters. The summed E-state index contributed by atoms with van der Waals surface area (Å²) in [6, 6.07) is 5.37. The van der Waals surface area contributed by atoms with Crippen molar-refractivity contribution in [1.82, 2.24) is 10.2 Å². The number of piperidine rings is 1. The largest absolute Gasteiger partial charge is 0.495 e. The minimum absolute atomic E-state index is 0.0338. The third-order valence-electron chi connectivity index (χ3n) is 3.96. The number of hydrogen-bond donors (Lipinski definition) is 2. The van der Waals surface area contributed by atoms with Crippen LogP contribution >= 0.6 is 0 Å². The SMILES string of the molecule is CCOC(=O)N1CCC(NC(=O)Nc2cc(C)ccc2OC)CC1. The fourth-order valence-electron chi connectivity index (χ4n) is 2.68. The second-order valence-electron chi connectivity index (χ2n) is 5.76. The van der Waals surface area contributed by atoms with E-state index >= 15 is 0 Å². The zero-order valence-electron chi connectivity index (χ0n) is 14.4. The van der Waals surface area contributed by atoms with Gasteiger partial charge in [-0.05, 0) is 44.4 Å². The summed E-state index contributed by atoms with van der Waals surface area (Å²) in [5.74, 6) is 0.618. The molecule has 1 aliphatic heterocycles. The van der Waals surface area contributed by atoms with Crippen LogP contribution < -0.4 is 15.4 Å². The highest BCUT2D eigenvalue weighted by Crippen LogP contribution is 2.25. The van der Waals surface area contributed by atoms with Gasteiger partial charge in [0, 0.05) is 19.1 Å². The maximum atomic E-state index is 12.2. The predicted octanol–water partition coefficient (Wildman–Crippen LogP) is 2.75. The van der Waals surface area contributed by atoms with Crippen LogP contribution in [0.25, 0.3) is 0 Å². The van der Waals surface area contributed by atoms with Gasteiger partial charge in [-0.3, -0.25) is 0 Å². The van der Waals surface area contributed by atoms with Gasteiger partial charge in [-0.1, -0.05) is 6.07 Å². The highest BCUT2D eigenvalue weighted by atomic mass is 16.6. The average Bonchev–Trinajstić information content (AvgIpc) is 2.56. The van der Waals surface area contributed by atoms with Gasteiger partial charge < -0.3 is 25.0 Å². The minimum Gasteiger partial charge on any atom is -0.495 e. The van der Waals surface area contributed by atoms with Gasteiger partial charge in [-0.25, -0.2) is 9.59 Å². The Kier molecular flexibility index (Phi) is 6.28. The standard InChI is InChI=1S/C17H25N3O4/c1-4-24-17(22)20-9-7-13(8-10-20)18-16(21)19-14-11-12(2)5-6-15(14)23-3/h5-6,11,13H,4,7-10H2,1-3H3,(H2,18,19,21). The number of aryl methyl sites for hydroxylation is 1. The summed E-state index contributed by atoms with van der Waals surface area (Å²) in [5, 5.41) is 5.77. The van der Waals surface area contributed by atoms with E-state index in [0.29, 0.717) is 44.0 Å². The van der Waals surface area contributed by atoms with E-state index < -0.39 is 0 Å². The molecule has 1 aromatic carbocycles. The molecule has 2 N–H and O–H groups in total. The molecule has 24 heavy (non-hydrogen) atoms. The quantitative estimate of drug-likeness (QED) is 0.887. The van der Waals surface area contributed by atoms with Crippen LogP contribution in [0.4, 0.5) is 15.3 Å². The first-order valence-electron chi connectivity index (χ1n) is 8.17. The minimum atomic E-state index is -0.287. The third kappa shape index (κ3) is 4.78. The fraction of sp³-hybridized carbons (Fsp3) is 0.529. The number of carbonyl (C=O) groups excluding carboxylic acids is 2. The second-order valence-corrected chi connectivity index (χ2v) is 5.76. The molecule has 0 spiro atoms. The number of anilines is 1. The molecule has 1 heterocycles. The molecule has 0 radical (unpaired) electrons. The normalized spacial score (nSPS) is 14.9. The molecule has 0 aromatic heterocycles. The first-order chi connectivity index (χ1) is 11.5. The van der Waals surface area contributed by atoms with Crippen LogP contribution in [0.1, 0.15) is 25.3 Å². The van der Waals surface area contributed by atoms with Crippen LogP contribution in [0.5, 0.6) is 5.75 Å². The van der Waals surface area contributed by atoms with Crippen molar-refractivity contribution in [3.8, 4) is 5.75 Å². The Balaban J connectivity index is 1.84. The number of rotatable bonds is 4. The van der Waals surface area contributed by atoms with Gasteiger partial charge in [0.25, 0.3) is 0 Å². The van der Waals surface area contributed by atoms with Gasteiger partial charge in [0.2, 0.25) is 0 Å². The van der Waals surface area contributed by atoms with Crippen molar-refractivity contribution in [1.29, 1.82) is 0 Å². The first-order valence-corrected chi connectivity index (χ1v) is 8.17. The van der Waals surface area contributed by atoms with Crippen LogP contribution in [0.2, 0.25) is 0 Å². The molecule has 1 aromatic rings. The van der Waals surface area contributed by atoms with E-state index in [0.717, 1.165) is 5.56 Å². The van der Waals surface area contributed by atoms with E-state index in [2.05, 4.69) is 10.6 Å². The van der Waals surface area contributed by atoms with Crippen molar-refractivity contribution in [2.75, 3.05) is 32.1 Å². The van der Waals surface area contributed by atoms with Gasteiger partial charge in [0.1, 0.15) is 5.75 Å². The van der Waals surface area contributed by atoms with Crippen molar-refractivity contribution in [3.63, 3.8) is 0 Å². The van der Waals surface area contributed by atoms with Gasteiger partial charge in [-0.15, -0.1) is 0 Å². The van der Waals surface area contributed by atoms with Crippen LogP contribution in [0, 0.1) is 6.92 Å². The average molecular weight is 335 g/mol. The summed E-state index contributed by atoms with van der Waals surface area (Å²) >= 11 is 0. The maximum Gasteiger partial charge on any atom is 0.409 e. The summed E-state index contributed by atoms with van der Waals surface area (Å²) in [4.78, 5) is 25.5. The van der Waals surface area contributed by atoms with E-state index in [9.17, 15) is 9.59 Å². The Hall–Kier alpha value is -2.44. The van der Waals surface area contributed by atoms with Crippen LogP contribution in [0.3, 0.4) is 0 Å². The molecule has 7 nitrogen and oxygen atoms in total. The lowest BCUT2D eigenvalue weighted by molar-refractivity contribution is 0.0959. The molecular weight excluding hydrogens is 310 g/mol. The van der Waals surface area contributed by atoms with Crippen molar-refractivity contribution in [2.45, 2.75) is 32.7 Å². The Morgan fingerprint density at radius 2 is 2.00 bits per heavy atom. The number of nitrogens with one attached hydrogen (secondary N) is 2. The predicted molar refractivity (Wildman–Crippen MR) is 91.5 cm³/mol. The zero-order chi connectivity index (χ0) is 17.5. The summed E-state index contributed by atoms with van der Waals surface area (Å²) in [6.07, 6.45) is 1.12. The van der Waals surface area contributed by atoms with E-state index in [1.54, 1.807) is 18.9 Å². The Morgan fingerprint density at radius 1 is 1.29 bits per heavy atom. The number of nitrogens with zero attached hydrogens (tertiary/aromatic N) is 1. The third-order valence-corrected chi connectivity index (χ3v) is 3.96. The number of urea groups is 1. The molecule has 0 atom stereocenters. The topological polar surface area (TPSA) is 79.9 Å². The van der Waals surface area contributed by atoms with Crippen LogP contribution in [-0.4, -0.2) is 49.9 Å². The van der Waals surface area contributed by atoms with E-state index in [1.165, 1.54) is 0 Å². The molecule has 0 bridgehead atoms. The van der Waals surface area contributed by atoms with Crippen molar-refractivity contribution in [3.05, 3.63) is 23.8 Å². The number of likely N-dealkylation sites (tertiary alicyclic amines) is 1. The van der Waals surface area contributed by atoms with Gasteiger partial charge >= 0.3 is 12.1 Å². The maximum absolute atomic E-state index is 12.2. The highest BCUT2D eigenvalue weighted by Gasteiger charge is 2.24. The van der Waals surface area contributed by atoms with Gasteiger partial charge in [-0.2, -0.15) is 0 Å². The molecule has 0 aliphatic carbocycles. The summed E-state index contributed by atoms with van der Waals surface area (Å²) in [7, 11) is 1.57. The first kappa shape index (κ1) is 17.9. The Labute approximate surface area is 142 Å². The van der Waals surface area contributed by atoms with Crippen molar-refractivity contribution >= 4 is 17.8 Å². The van der Waals surface area contributed by atoms with Crippen molar-refractivity contribution < 1.29 is 19.1 Å². The lowest BCUT2D eigenvalue weighted by atomic mass is 10.1. The molecule has 132 valence electrons. The number of hydrogen-bond acceptors (Lipinski definition) is 4. The van der Waals surface area contributed by atoms with Gasteiger partial charge in [0.15, 0.2) is 0 Å². The van der Waals surface area contributed by atoms with E-state index in [-0.39, 0.29) is 18.2 Å². The zero-order valence-corrected chi connectivity index (χ0v) is 14.4. The molecule has 2 rings (SSSR count). The number of amides is 3. The van der Waals surface area contributed by atoms with Crippen LogP contribution in [-0.2, 0) is 4.74 Å². The lowest BCUT2D eigenvalue weighted by Gasteiger charge is -2.31. The molecular formula is C17H25N3O4. The number of ether oxygens (including phenoxy) is 2. The molecule has 1 aliphatic rings. The number of carbonyl (C=O) groups is 2. The number of methoxy groups -OCH3 is 1. The lowest BCUT2D eigenvalue weighted by Crippen LogP contribution is -2.47. The summed E-state index contributed by atoms with van der Waals surface area (Å²) in [5.41, 5.74) is 1.67. The molecule has 3 amide bonds. The second kappa shape index (κ2) is 8.42. The molecule has 0 saturated carbocycles. The van der Waals surface area contributed by atoms with Gasteiger partial charge in [0.05, 0.1) is 19.4 Å². The highest BCUT2D eigenvalue weighted by molar-refractivity contribution is 5.91. The molecule has 1 saturated heterocycles. The Bertz CT molecular complexity index is 583. The Morgan fingerprint density at radius 3 is 2.62 bits per heavy atom. The molecule has 7 heteroatoms.